The fraction of sp³-hybridized carbons (Fsp3) is 0.652. The lowest BCUT2D eigenvalue weighted by atomic mass is 9.98. The summed E-state index contributed by atoms with van der Waals surface area (Å²) in [4.78, 5) is 25.3. The van der Waals surface area contributed by atoms with Gasteiger partial charge in [-0.1, -0.05) is 50.6 Å². The minimum atomic E-state index is -3.97. The van der Waals surface area contributed by atoms with Gasteiger partial charge in [-0.3, -0.25) is 4.79 Å². The molecule has 10 heteroatoms. The predicted molar refractivity (Wildman–Crippen MR) is 133 cm³/mol. The molecule has 1 aromatic carbocycles. The van der Waals surface area contributed by atoms with Gasteiger partial charge in [-0.05, 0) is 18.4 Å². The first-order valence-corrected chi connectivity index (χ1v) is 13.7. The molecule has 0 radical (unpaired) electrons. The van der Waals surface area contributed by atoms with Crippen LogP contribution in [0.3, 0.4) is 0 Å². The van der Waals surface area contributed by atoms with E-state index >= 15 is 0 Å². The molecule has 1 aliphatic heterocycles. The second-order valence-electron chi connectivity index (χ2n) is 9.00. The molecule has 1 heterocycles. The van der Waals surface area contributed by atoms with Crippen molar-refractivity contribution in [2.75, 3.05) is 24.7 Å². The molecule has 1 amide bonds. The third-order valence-electron chi connectivity index (χ3n) is 6.40. The highest BCUT2D eigenvalue weighted by Crippen LogP contribution is 2.27. The van der Waals surface area contributed by atoms with Crippen molar-refractivity contribution in [3.05, 3.63) is 35.9 Å². The van der Waals surface area contributed by atoms with Crippen molar-refractivity contribution in [2.24, 2.45) is 11.7 Å². The zero-order chi connectivity index (χ0) is 24.6. The number of nitrogens with two attached hydrogens (primary N) is 1. The van der Waals surface area contributed by atoms with Crippen LogP contribution in [-0.4, -0.2) is 67.8 Å². The van der Waals surface area contributed by atoms with E-state index < -0.39 is 32.5 Å². The molecule has 2 rings (SSSR count). The maximum absolute atomic E-state index is 13.8. The van der Waals surface area contributed by atoms with Crippen LogP contribution in [-0.2, 0) is 30.6 Å². The van der Waals surface area contributed by atoms with Gasteiger partial charge in [0.1, 0.15) is 6.04 Å². The highest BCUT2D eigenvalue weighted by Gasteiger charge is 2.48. The standard InChI is InChI=1S/C23H37N3O5S2/c1-4-16(2)20(25-13-18(24)14-32)15-33(29,30)23(3,12-17-8-6-5-7-9-17)22(28)26-19-10-11-31-21(19)27/h5-9,16,18-20,25,32H,4,10-15,24H2,1-3H3,(H,26,28)/t16-,18?,19+,20?,23?/m0/s1. The van der Waals surface area contributed by atoms with E-state index in [1.54, 1.807) is 24.3 Å². The lowest BCUT2D eigenvalue weighted by Crippen LogP contribution is -2.58. The van der Waals surface area contributed by atoms with Crippen LogP contribution in [0.1, 0.15) is 39.2 Å². The van der Waals surface area contributed by atoms with Gasteiger partial charge in [-0.2, -0.15) is 12.6 Å². The van der Waals surface area contributed by atoms with Gasteiger partial charge in [-0.25, -0.2) is 13.2 Å². The summed E-state index contributed by atoms with van der Waals surface area (Å²) < 4.78 is 30.8. The molecular weight excluding hydrogens is 462 g/mol. The smallest absolute Gasteiger partial charge is 0.328 e. The number of amides is 1. The molecule has 5 atom stereocenters. The zero-order valence-corrected chi connectivity index (χ0v) is 21.3. The molecule has 0 aliphatic carbocycles. The van der Waals surface area contributed by atoms with Crippen molar-refractivity contribution in [1.29, 1.82) is 0 Å². The number of esters is 1. The Hall–Kier alpha value is -1.62. The molecule has 1 saturated heterocycles. The zero-order valence-electron chi connectivity index (χ0n) is 19.6. The lowest BCUT2D eigenvalue weighted by molar-refractivity contribution is -0.141. The molecule has 1 aromatic rings. The summed E-state index contributed by atoms with van der Waals surface area (Å²) in [7, 11) is -3.97. The maximum Gasteiger partial charge on any atom is 0.328 e. The molecule has 0 spiro atoms. The number of rotatable bonds is 13. The summed E-state index contributed by atoms with van der Waals surface area (Å²) in [5.41, 5.74) is 6.69. The first kappa shape index (κ1) is 27.6. The summed E-state index contributed by atoms with van der Waals surface area (Å²) in [6.45, 7) is 6.04. The highest BCUT2D eigenvalue weighted by atomic mass is 32.2. The van der Waals surface area contributed by atoms with Crippen LogP contribution in [0, 0.1) is 5.92 Å². The number of thiol groups is 1. The molecule has 186 valence electrons. The Morgan fingerprint density at radius 3 is 2.55 bits per heavy atom. The van der Waals surface area contributed by atoms with Gasteiger partial charge >= 0.3 is 5.97 Å². The second-order valence-corrected chi connectivity index (χ2v) is 11.8. The van der Waals surface area contributed by atoms with Crippen molar-refractivity contribution in [3.8, 4) is 0 Å². The summed E-state index contributed by atoms with van der Waals surface area (Å²) in [5.74, 6) is -0.945. The molecule has 1 fully saturated rings. The second kappa shape index (κ2) is 12.2. The van der Waals surface area contributed by atoms with Crippen LogP contribution >= 0.6 is 12.6 Å². The van der Waals surface area contributed by atoms with Crippen LogP contribution in [0.15, 0.2) is 30.3 Å². The van der Waals surface area contributed by atoms with Crippen LogP contribution < -0.4 is 16.4 Å². The van der Waals surface area contributed by atoms with Crippen molar-refractivity contribution >= 4 is 34.3 Å². The van der Waals surface area contributed by atoms with Gasteiger partial charge in [0.2, 0.25) is 5.91 Å². The van der Waals surface area contributed by atoms with Crippen LogP contribution in [0.5, 0.6) is 0 Å². The van der Waals surface area contributed by atoms with Crippen molar-refractivity contribution in [2.45, 2.75) is 62.9 Å². The van der Waals surface area contributed by atoms with Crippen LogP contribution in [0.25, 0.3) is 0 Å². The molecule has 0 bridgehead atoms. The van der Waals surface area contributed by atoms with Crippen LogP contribution in [0.2, 0.25) is 0 Å². The predicted octanol–water partition coefficient (Wildman–Crippen LogP) is 1.10. The Morgan fingerprint density at radius 1 is 1.33 bits per heavy atom. The normalized spacial score (nSPS) is 21.0. The number of carbonyl (C=O) groups excluding carboxylic acids is 2. The Bertz CT molecular complexity index is 897. The Labute approximate surface area is 202 Å². The Morgan fingerprint density at radius 2 is 2.00 bits per heavy atom. The number of sulfone groups is 1. The minimum absolute atomic E-state index is 0.00679. The fourth-order valence-electron chi connectivity index (χ4n) is 3.75. The molecule has 33 heavy (non-hydrogen) atoms. The average Bonchev–Trinajstić information content (AvgIpc) is 3.20. The monoisotopic (exact) mass is 499 g/mol. The molecule has 8 nitrogen and oxygen atoms in total. The van der Waals surface area contributed by atoms with E-state index in [0.29, 0.717) is 18.7 Å². The molecule has 1 aliphatic rings. The Balaban J connectivity index is 2.35. The first-order valence-electron chi connectivity index (χ1n) is 11.4. The summed E-state index contributed by atoms with van der Waals surface area (Å²) in [6, 6.07) is 7.59. The van der Waals surface area contributed by atoms with Crippen molar-refractivity contribution in [1.82, 2.24) is 10.6 Å². The fourth-order valence-corrected chi connectivity index (χ4v) is 5.90. The highest BCUT2D eigenvalue weighted by molar-refractivity contribution is 7.93. The van der Waals surface area contributed by atoms with E-state index in [2.05, 4.69) is 23.3 Å². The third-order valence-corrected chi connectivity index (χ3v) is 9.37. The number of carbonyl (C=O) groups is 2. The molecule has 0 saturated carbocycles. The van der Waals surface area contributed by atoms with E-state index in [9.17, 15) is 18.0 Å². The molecule has 4 N–H and O–H groups in total. The van der Waals surface area contributed by atoms with E-state index in [0.717, 1.165) is 12.0 Å². The number of hydrogen-bond acceptors (Lipinski definition) is 8. The minimum Gasteiger partial charge on any atom is -0.464 e. The summed E-state index contributed by atoms with van der Waals surface area (Å²) in [6.07, 6.45) is 1.08. The first-order chi connectivity index (χ1) is 15.5. The van der Waals surface area contributed by atoms with Gasteiger partial charge in [0.25, 0.3) is 0 Å². The van der Waals surface area contributed by atoms with Gasteiger partial charge in [0.05, 0.1) is 12.4 Å². The van der Waals surface area contributed by atoms with Gasteiger partial charge in [0, 0.05) is 37.2 Å². The largest absolute Gasteiger partial charge is 0.464 e. The number of benzene rings is 1. The number of cyclic esters (lactones) is 1. The number of nitrogens with one attached hydrogen (secondary N) is 2. The van der Waals surface area contributed by atoms with Crippen LogP contribution in [0.4, 0.5) is 0 Å². The van der Waals surface area contributed by atoms with E-state index in [4.69, 9.17) is 10.5 Å². The quantitative estimate of drug-likeness (QED) is 0.236. The van der Waals surface area contributed by atoms with Gasteiger partial charge in [-0.15, -0.1) is 0 Å². The SMILES string of the molecule is CC[C@H](C)C(CS(=O)(=O)C(C)(Cc1ccccc1)C(=O)N[C@@H]1CCOC1=O)NCC(N)CS. The summed E-state index contributed by atoms with van der Waals surface area (Å²) >= 11 is 4.20. The van der Waals surface area contributed by atoms with E-state index in [1.807, 2.05) is 19.9 Å². The number of hydrogen-bond donors (Lipinski definition) is 4. The van der Waals surface area contributed by atoms with E-state index in [1.165, 1.54) is 6.92 Å². The molecule has 3 unspecified atom stereocenters. The third kappa shape index (κ3) is 7.18. The maximum atomic E-state index is 13.8. The number of ether oxygens (including phenoxy) is 1. The topological polar surface area (TPSA) is 128 Å². The van der Waals surface area contributed by atoms with E-state index in [-0.39, 0.29) is 36.8 Å². The van der Waals surface area contributed by atoms with Gasteiger partial charge < -0.3 is 21.1 Å². The van der Waals surface area contributed by atoms with Crippen molar-refractivity contribution in [3.63, 3.8) is 0 Å². The van der Waals surface area contributed by atoms with Crippen molar-refractivity contribution < 1.29 is 22.7 Å². The summed E-state index contributed by atoms with van der Waals surface area (Å²) in [5, 5.41) is 5.90. The molecular formula is C23H37N3O5S2. The Kier molecular flexibility index (Phi) is 10.2. The lowest BCUT2D eigenvalue weighted by Gasteiger charge is -2.33. The molecule has 0 aromatic heterocycles. The average molecular weight is 500 g/mol. The van der Waals surface area contributed by atoms with Gasteiger partial charge in [0.15, 0.2) is 14.6 Å².